The normalized spacial score (nSPS) is 15.0. The van der Waals surface area contributed by atoms with Crippen molar-refractivity contribution >= 4 is 11.8 Å². The fourth-order valence-electron chi connectivity index (χ4n) is 1.61. The van der Waals surface area contributed by atoms with Gasteiger partial charge in [-0.2, -0.15) is 13.2 Å². The van der Waals surface area contributed by atoms with Crippen molar-refractivity contribution in [3.8, 4) is 0 Å². The van der Waals surface area contributed by atoms with Crippen molar-refractivity contribution in [2.24, 2.45) is 11.3 Å². The Balaban J connectivity index is 4.03. The minimum Gasteiger partial charge on any atom is -0.316 e. The predicted molar refractivity (Wildman–Crippen MR) is 69.2 cm³/mol. The third kappa shape index (κ3) is 9.77. The van der Waals surface area contributed by atoms with Crippen molar-refractivity contribution in [1.82, 2.24) is 5.32 Å². The van der Waals surface area contributed by atoms with Gasteiger partial charge in [0.05, 0.1) is 0 Å². The Morgan fingerprint density at radius 2 is 1.76 bits per heavy atom. The van der Waals surface area contributed by atoms with Crippen molar-refractivity contribution in [3.05, 3.63) is 0 Å². The Morgan fingerprint density at radius 3 is 2.18 bits per heavy atom. The molecule has 1 N–H and O–H groups in total. The van der Waals surface area contributed by atoms with Gasteiger partial charge in [-0.3, -0.25) is 0 Å². The Hall–Kier alpha value is 0.100. The lowest BCUT2D eigenvalue weighted by Crippen LogP contribution is -2.32. The van der Waals surface area contributed by atoms with Gasteiger partial charge in [0.2, 0.25) is 0 Å². The average molecular weight is 271 g/mol. The summed E-state index contributed by atoms with van der Waals surface area (Å²) < 4.78 is 36.2. The van der Waals surface area contributed by atoms with Crippen molar-refractivity contribution in [2.45, 2.75) is 46.0 Å². The van der Waals surface area contributed by atoms with Crippen molar-refractivity contribution < 1.29 is 13.2 Å². The van der Waals surface area contributed by atoms with E-state index in [1.807, 2.05) is 0 Å². The van der Waals surface area contributed by atoms with E-state index in [1.54, 1.807) is 0 Å². The van der Waals surface area contributed by atoms with Gasteiger partial charge < -0.3 is 5.32 Å². The number of alkyl halides is 3. The monoisotopic (exact) mass is 271 g/mol. The number of hydrogen-bond donors (Lipinski definition) is 1. The van der Waals surface area contributed by atoms with Crippen LogP contribution in [0.4, 0.5) is 13.2 Å². The molecule has 5 heteroatoms. The lowest BCUT2D eigenvalue weighted by molar-refractivity contribution is -0.0329. The molecule has 0 heterocycles. The Labute approximate surface area is 107 Å². The van der Waals surface area contributed by atoms with E-state index in [-0.39, 0.29) is 28.8 Å². The molecule has 0 fully saturated rings. The Bertz CT molecular complexity index is 199. The number of rotatable bonds is 7. The molecule has 104 valence electrons. The van der Waals surface area contributed by atoms with Crippen LogP contribution in [0.1, 0.15) is 40.5 Å². The topological polar surface area (TPSA) is 12.0 Å². The molecule has 1 atom stereocenters. The zero-order valence-electron chi connectivity index (χ0n) is 11.2. The molecule has 0 bridgehead atoms. The molecule has 17 heavy (non-hydrogen) atoms. The maximum atomic E-state index is 12.1. The molecular formula is C12H24F3NS. The van der Waals surface area contributed by atoms with Crippen LogP contribution < -0.4 is 5.32 Å². The van der Waals surface area contributed by atoms with Crippen LogP contribution in [-0.2, 0) is 0 Å². The van der Waals surface area contributed by atoms with E-state index in [0.717, 1.165) is 19.5 Å². The summed E-state index contributed by atoms with van der Waals surface area (Å²) in [5, 5.41) is 3.30. The smallest absolute Gasteiger partial charge is 0.316 e. The van der Waals surface area contributed by atoms with Crippen LogP contribution in [0.15, 0.2) is 0 Å². The van der Waals surface area contributed by atoms with Crippen LogP contribution >= 0.6 is 11.8 Å². The molecule has 0 aliphatic rings. The van der Waals surface area contributed by atoms with Crippen LogP contribution in [0.2, 0.25) is 0 Å². The standard InChI is InChI=1S/C12H24F3NS/c1-5-7-16-9-10(11(2,3)4)6-8-17-12(13,14)15/h10,16H,5-9H2,1-4H3. The highest BCUT2D eigenvalue weighted by atomic mass is 32.2. The highest BCUT2D eigenvalue weighted by Gasteiger charge is 2.30. The van der Waals surface area contributed by atoms with Crippen LogP contribution in [0.5, 0.6) is 0 Å². The molecule has 0 radical (unpaired) electrons. The zero-order chi connectivity index (χ0) is 13.5. The molecule has 0 saturated heterocycles. The number of thioether (sulfide) groups is 1. The van der Waals surface area contributed by atoms with E-state index in [4.69, 9.17) is 0 Å². The minimum absolute atomic E-state index is 0.0485. The van der Waals surface area contributed by atoms with Gasteiger partial charge >= 0.3 is 5.51 Å². The lowest BCUT2D eigenvalue weighted by Gasteiger charge is -2.31. The quantitative estimate of drug-likeness (QED) is 0.693. The molecule has 1 unspecified atom stereocenters. The summed E-state index contributed by atoms with van der Waals surface area (Å²) in [4.78, 5) is 0. The summed E-state index contributed by atoms with van der Waals surface area (Å²) in [7, 11) is 0. The molecule has 0 aliphatic heterocycles. The molecule has 0 rings (SSSR count). The van der Waals surface area contributed by atoms with Crippen LogP contribution in [0.3, 0.4) is 0 Å². The maximum Gasteiger partial charge on any atom is 0.441 e. The summed E-state index contributed by atoms with van der Waals surface area (Å²) in [6, 6.07) is 0. The second-order valence-electron chi connectivity index (χ2n) is 5.35. The fraction of sp³-hybridized carbons (Fsp3) is 1.00. The SMILES string of the molecule is CCCNCC(CCSC(F)(F)F)C(C)(C)C. The molecular weight excluding hydrogens is 247 g/mol. The second-order valence-corrected chi connectivity index (χ2v) is 6.51. The third-order valence-corrected chi connectivity index (χ3v) is 3.54. The molecule has 0 aromatic rings. The average Bonchev–Trinajstić information content (AvgIpc) is 2.12. The number of hydrogen-bond acceptors (Lipinski definition) is 2. The molecule has 0 amide bonds. The van der Waals surface area contributed by atoms with Gasteiger partial charge in [0, 0.05) is 5.75 Å². The minimum atomic E-state index is -4.10. The predicted octanol–water partition coefficient (Wildman–Crippen LogP) is 4.29. The summed E-state index contributed by atoms with van der Waals surface area (Å²) in [5.41, 5.74) is -4.05. The fourth-order valence-corrected chi connectivity index (χ4v) is 2.25. The van der Waals surface area contributed by atoms with Gasteiger partial charge in [-0.05, 0) is 37.3 Å². The van der Waals surface area contributed by atoms with E-state index in [9.17, 15) is 13.2 Å². The first-order valence-electron chi connectivity index (χ1n) is 6.08. The Kier molecular flexibility index (Phi) is 7.56. The van der Waals surface area contributed by atoms with Crippen molar-refractivity contribution in [3.63, 3.8) is 0 Å². The lowest BCUT2D eigenvalue weighted by atomic mass is 9.79. The van der Waals surface area contributed by atoms with E-state index in [1.165, 1.54) is 0 Å². The zero-order valence-corrected chi connectivity index (χ0v) is 12.0. The summed E-state index contributed by atoms with van der Waals surface area (Å²) in [6.07, 6.45) is 1.65. The van der Waals surface area contributed by atoms with Crippen LogP contribution in [0.25, 0.3) is 0 Å². The van der Waals surface area contributed by atoms with Gasteiger partial charge in [-0.25, -0.2) is 0 Å². The highest BCUT2D eigenvalue weighted by molar-refractivity contribution is 8.00. The molecule has 0 aromatic heterocycles. The van der Waals surface area contributed by atoms with E-state index in [2.05, 4.69) is 33.0 Å². The summed E-state index contributed by atoms with van der Waals surface area (Å²) in [5.74, 6) is 0.433. The molecule has 0 aliphatic carbocycles. The number of nitrogens with one attached hydrogen (secondary N) is 1. The molecule has 0 aromatic carbocycles. The molecule has 0 saturated carbocycles. The summed E-state index contributed by atoms with van der Waals surface area (Å²) >= 11 is 0.0894. The van der Waals surface area contributed by atoms with E-state index >= 15 is 0 Å². The van der Waals surface area contributed by atoms with Gasteiger partial charge in [0.15, 0.2) is 0 Å². The second kappa shape index (κ2) is 7.52. The van der Waals surface area contributed by atoms with E-state index < -0.39 is 5.51 Å². The first kappa shape index (κ1) is 17.1. The summed E-state index contributed by atoms with van der Waals surface area (Å²) in [6.45, 7) is 10.1. The van der Waals surface area contributed by atoms with Gasteiger partial charge in [-0.1, -0.05) is 39.5 Å². The molecule has 1 nitrogen and oxygen atoms in total. The van der Waals surface area contributed by atoms with Gasteiger partial charge in [0.1, 0.15) is 0 Å². The third-order valence-electron chi connectivity index (χ3n) is 2.77. The Morgan fingerprint density at radius 1 is 1.18 bits per heavy atom. The molecule has 0 spiro atoms. The largest absolute Gasteiger partial charge is 0.441 e. The van der Waals surface area contributed by atoms with Crippen molar-refractivity contribution in [1.29, 1.82) is 0 Å². The van der Waals surface area contributed by atoms with E-state index in [0.29, 0.717) is 6.42 Å². The van der Waals surface area contributed by atoms with Gasteiger partial charge in [0.25, 0.3) is 0 Å². The first-order valence-corrected chi connectivity index (χ1v) is 7.06. The number of halogens is 3. The first-order chi connectivity index (χ1) is 7.67. The van der Waals surface area contributed by atoms with Gasteiger partial charge in [-0.15, -0.1) is 0 Å². The van der Waals surface area contributed by atoms with Crippen molar-refractivity contribution in [2.75, 3.05) is 18.8 Å². The highest BCUT2D eigenvalue weighted by Crippen LogP contribution is 2.34. The maximum absolute atomic E-state index is 12.1. The van der Waals surface area contributed by atoms with Crippen LogP contribution in [0, 0.1) is 11.3 Å². The van der Waals surface area contributed by atoms with Crippen LogP contribution in [-0.4, -0.2) is 24.4 Å².